The molecular weight excluding hydrogens is 322 g/mol. The molecule has 0 bridgehead atoms. The van der Waals surface area contributed by atoms with Crippen LogP contribution in [0.2, 0.25) is 0 Å². The highest BCUT2D eigenvalue weighted by molar-refractivity contribution is 5.88. The Morgan fingerprint density at radius 2 is 2.16 bits per heavy atom. The third kappa shape index (κ3) is 4.70. The van der Waals surface area contributed by atoms with E-state index in [1.165, 1.54) is 0 Å². The molecule has 1 aromatic carbocycles. The number of nitrogens with one attached hydrogen (secondary N) is 2. The molecule has 3 N–H and O–H groups in total. The number of nitrogens with zero attached hydrogens (tertiary/aromatic N) is 1. The van der Waals surface area contributed by atoms with Crippen molar-refractivity contribution in [2.24, 2.45) is 0 Å². The number of carbonyl (C=O) groups excluding carboxylic acids is 2. The van der Waals surface area contributed by atoms with E-state index in [1.807, 2.05) is 30.9 Å². The van der Waals surface area contributed by atoms with Gasteiger partial charge in [-0.15, -0.1) is 0 Å². The zero-order chi connectivity index (χ0) is 18.4. The minimum atomic E-state index is -0.505. The van der Waals surface area contributed by atoms with Crippen LogP contribution in [-0.4, -0.2) is 61.2 Å². The van der Waals surface area contributed by atoms with E-state index >= 15 is 0 Å². The summed E-state index contributed by atoms with van der Waals surface area (Å²) in [7, 11) is 1.65. The Kier molecular flexibility index (Phi) is 6.78. The molecule has 1 atom stereocenters. The number of ether oxygens (including phenoxy) is 1. The number of aliphatic hydroxyl groups is 1. The molecule has 0 aliphatic carbocycles. The summed E-state index contributed by atoms with van der Waals surface area (Å²) in [5, 5.41) is 14.2. The lowest BCUT2D eigenvalue weighted by molar-refractivity contribution is -0.134. The molecule has 1 aliphatic heterocycles. The van der Waals surface area contributed by atoms with Gasteiger partial charge in [-0.05, 0) is 36.6 Å². The van der Waals surface area contributed by atoms with Gasteiger partial charge in [0.15, 0.2) is 0 Å². The topological polar surface area (TPSA) is 90.9 Å². The van der Waals surface area contributed by atoms with Gasteiger partial charge in [0.1, 0.15) is 5.75 Å². The number of hydrogen-bond acceptors (Lipinski definition) is 5. The van der Waals surface area contributed by atoms with Crippen LogP contribution in [0.4, 0.5) is 0 Å². The molecule has 0 unspecified atom stereocenters. The molecule has 0 saturated carbocycles. The lowest BCUT2D eigenvalue weighted by atomic mass is 10.00. The number of benzene rings is 1. The van der Waals surface area contributed by atoms with Crippen LogP contribution < -0.4 is 15.4 Å². The fourth-order valence-corrected chi connectivity index (χ4v) is 3.08. The van der Waals surface area contributed by atoms with Gasteiger partial charge in [0.25, 0.3) is 0 Å². The highest BCUT2D eigenvalue weighted by Crippen LogP contribution is 2.25. The van der Waals surface area contributed by atoms with Crippen LogP contribution in [-0.2, 0) is 16.1 Å². The van der Waals surface area contributed by atoms with Gasteiger partial charge < -0.3 is 20.5 Å². The molecular formula is C18H27N3O4. The molecule has 0 spiro atoms. The van der Waals surface area contributed by atoms with Gasteiger partial charge in [0.05, 0.1) is 26.2 Å². The van der Waals surface area contributed by atoms with Gasteiger partial charge in [-0.3, -0.25) is 14.5 Å². The average Bonchev–Trinajstić information content (AvgIpc) is 2.60. The van der Waals surface area contributed by atoms with Crippen LogP contribution in [0.15, 0.2) is 12.1 Å². The van der Waals surface area contributed by atoms with Crippen LogP contribution in [0.5, 0.6) is 5.75 Å². The van der Waals surface area contributed by atoms with Crippen LogP contribution in [0.3, 0.4) is 0 Å². The second kappa shape index (κ2) is 8.82. The van der Waals surface area contributed by atoms with E-state index in [4.69, 9.17) is 9.84 Å². The molecule has 1 heterocycles. The Hall–Kier alpha value is -2.12. The molecule has 0 radical (unpaired) electrons. The molecule has 7 heteroatoms. The zero-order valence-corrected chi connectivity index (χ0v) is 15.1. The summed E-state index contributed by atoms with van der Waals surface area (Å²) in [5.41, 5.74) is 3.33. The fourth-order valence-electron chi connectivity index (χ4n) is 3.08. The molecule has 0 aromatic heterocycles. The van der Waals surface area contributed by atoms with Crippen molar-refractivity contribution in [3.63, 3.8) is 0 Å². The Morgan fingerprint density at radius 3 is 2.84 bits per heavy atom. The highest BCUT2D eigenvalue weighted by Gasteiger charge is 2.31. The van der Waals surface area contributed by atoms with Crippen molar-refractivity contribution >= 4 is 11.8 Å². The number of methoxy groups -OCH3 is 1. The molecule has 138 valence electrons. The van der Waals surface area contributed by atoms with Gasteiger partial charge in [0, 0.05) is 26.2 Å². The maximum Gasteiger partial charge on any atom is 0.237 e. The summed E-state index contributed by atoms with van der Waals surface area (Å²) < 4.78 is 5.35. The summed E-state index contributed by atoms with van der Waals surface area (Å²) >= 11 is 0. The van der Waals surface area contributed by atoms with Gasteiger partial charge in [-0.1, -0.05) is 6.07 Å². The zero-order valence-electron chi connectivity index (χ0n) is 15.1. The van der Waals surface area contributed by atoms with E-state index in [-0.39, 0.29) is 31.4 Å². The second-order valence-electron chi connectivity index (χ2n) is 6.23. The second-order valence-corrected chi connectivity index (χ2v) is 6.23. The average molecular weight is 349 g/mol. The maximum atomic E-state index is 12.3. The third-order valence-corrected chi connectivity index (χ3v) is 4.70. The van der Waals surface area contributed by atoms with Gasteiger partial charge in [-0.25, -0.2) is 0 Å². The molecule has 25 heavy (non-hydrogen) atoms. The molecule has 2 rings (SSSR count). The quantitative estimate of drug-likeness (QED) is 0.650. The summed E-state index contributed by atoms with van der Waals surface area (Å²) in [6, 6.07) is 3.44. The predicted octanol–water partition coefficient (Wildman–Crippen LogP) is 0.111. The predicted molar refractivity (Wildman–Crippen MR) is 94.4 cm³/mol. The lowest BCUT2D eigenvalue weighted by Crippen LogP contribution is -2.56. The summed E-state index contributed by atoms with van der Waals surface area (Å²) in [6.07, 6.45) is 0.0834. The van der Waals surface area contributed by atoms with Crippen molar-refractivity contribution < 1.29 is 19.4 Å². The highest BCUT2D eigenvalue weighted by atomic mass is 16.5. The van der Waals surface area contributed by atoms with Crippen LogP contribution in [0.25, 0.3) is 0 Å². The lowest BCUT2D eigenvalue weighted by Gasteiger charge is -2.35. The summed E-state index contributed by atoms with van der Waals surface area (Å²) in [5.74, 6) is 0.481. The van der Waals surface area contributed by atoms with Crippen molar-refractivity contribution in [2.75, 3.05) is 33.4 Å². The number of amides is 2. The first kappa shape index (κ1) is 19.2. The smallest absolute Gasteiger partial charge is 0.237 e. The van der Waals surface area contributed by atoms with Crippen molar-refractivity contribution in [3.05, 3.63) is 28.8 Å². The first-order valence-electron chi connectivity index (χ1n) is 8.50. The maximum absolute atomic E-state index is 12.3. The van der Waals surface area contributed by atoms with E-state index in [9.17, 15) is 9.59 Å². The number of piperazine rings is 1. The van der Waals surface area contributed by atoms with Gasteiger partial charge >= 0.3 is 0 Å². The fraction of sp³-hybridized carbons (Fsp3) is 0.556. The normalized spacial score (nSPS) is 17.9. The van der Waals surface area contributed by atoms with E-state index in [0.29, 0.717) is 19.6 Å². The standard InChI is InChI=1S/C18H27N3O4/c1-12-13(2)16(25-3)5-4-14(12)11-21-8-6-20-18(24)15(21)10-17(23)19-7-9-22/h4-5,15,22H,6-11H2,1-3H3,(H,19,23)(H,20,24)/t15-/m0/s1. The molecule has 7 nitrogen and oxygen atoms in total. The molecule has 1 aliphatic rings. The Bertz CT molecular complexity index is 633. The molecule has 1 aromatic rings. The van der Waals surface area contributed by atoms with E-state index in [0.717, 1.165) is 22.4 Å². The van der Waals surface area contributed by atoms with Crippen LogP contribution in [0.1, 0.15) is 23.1 Å². The number of aliphatic hydroxyl groups excluding tert-OH is 1. The van der Waals surface area contributed by atoms with Crippen molar-refractivity contribution in [3.8, 4) is 5.75 Å². The third-order valence-electron chi connectivity index (χ3n) is 4.70. The Labute approximate surface area is 148 Å². The van der Waals surface area contributed by atoms with Crippen LogP contribution >= 0.6 is 0 Å². The summed E-state index contributed by atoms with van der Waals surface area (Å²) in [6.45, 7) is 6.00. The SMILES string of the molecule is COc1ccc(CN2CCNC(=O)[C@@H]2CC(=O)NCCO)c(C)c1C. The Balaban J connectivity index is 2.13. The first-order chi connectivity index (χ1) is 12.0. The monoisotopic (exact) mass is 349 g/mol. The minimum absolute atomic E-state index is 0.0834. The van der Waals surface area contributed by atoms with Gasteiger partial charge in [-0.2, -0.15) is 0 Å². The number of carbonyl (C=O) groups is 2. The molecule has 1 fully saturated rings. The van der Waals surface area contributed by atoms with Crippen LogP contribution in [0, 0.1) is 13.8 Å². The van der Waals surface area contributed by atoms with Gasteiger partial charge in [0.2, 0.25) is 11.8 Å². The van der Waals surface area contributed by atoms with Crippen molar-refractivity contribution in [1.82, 2.24) is 15.5 Å². The minimum Gasteiger partial charge on any atom is -0.496 e. The van der Waals surface area contributed by atoms with E-state index in [2.05, 4.69) is 10.6 Å². The van der Waals surface area contributed by atoms with Crippen molar-refractivity contribution in [2.45, 2.75) is 32.9 Å². The van der Waals surface area contributed by atoms with Crippen molar-refractivity contribution in [1.29, 1.82) is 0 Å². The van der Waals surface area contributed by atoms with E-state index in [1.54, 1.807) is 7.11 Å². The van der Waals surface area contributed by atoms with E-state index < -0.39 is 6.04 Å². The number of rotatable bonds is 7. The molecule has 1 saturated heterocycles. The largest absolute Gasteiger partial charge is 0.496 e. The summed E-state index contributed by atoms with van der Waals surface area (Å²) in [4.78, 5) is 26.3. The number of hydrogen-bond donors (Lipinski definition) is 3. The Morgan fingerprint density at radius 1 is 1.40 bits per heavy atom. The molecule has 2 amide bonds. The first-order valence-corrected chi connectivity index (χ1v) is 8.50.